The number of hydrogen-bond donors (Lipinski definition) is 2. The Morgan fingerprint density at radius 3 is 2.50 bits per heavy atom. The lowest BCUT2D eigenvalue weighted by atomic mass is 9.93. The topological polar surface area (TPSA) is 83.6 Å². The number of benzene rings is 1. The van der Waals surface area contributed by atoms with Gasteiger partial charge in [0.05, 0.1) is 21.7 Å². The molecule has 112 valence electrons. The largest absolute Gasteiger partial charge is 0.398 e. The maximum absolute atomic E-state index is 12.5. The SMILES string of the molecule is CC(O)C1CCN(S(=O)(=O)c2ccc(N)c(Cl)c2)CC1. The molecule has 0 amide bonds. The van der Waals surface area contributed by atoms with Gasteiger partial charge < -0.3 is 10.8 Å². The number of aliphatic hydroxyl groups is 1. The zero-order valence-electron chi connectivity index (χ0n) is 11.3. The number of nitrogen functional groups attached to an aromatic ring is 1. The molecule has 7 heteroatoms. The van der Waals surface area contributed by atoms with E-state index in [-0.39, 0.29) is 15.8 Å². The summed E-state index contributed by atoms with van der Waals surface area (Å²) >= 11 is 5.88. The molecular formula is C13H19ClN2O3S. The maximum Gasteiger partial charge on any atom is 0.243 e. The van der Waals surface area contributed by atoms with E-state index in [4.69, 9.17) is 17.3 Å². The first-order valence-electron chi connectivity index (χ1n) is 6.55. The maximum atomic E-state index is 12.5. The van der Waals surface area contributed by atoms with Crippen LogP contribution in [0.15, 0.2) is 23.1 Å². The molecule has 5 nitrogen and oxygen atoms in total. The molecule has 1 aromatic rings. The molecule has 1 heterocycles. The molecule has 1 fully saturated rings. The van der Waals surface area contributed by atoms with E-state index in [1.807, 2.05) is 0 Å². The first kappa shape index (κ1) is 15.6. The molecule has 2 rings (SSSR count). The summed E-state index contributed by atoms with van der Waals surface area (Å²) in [6.45, 7) is 2.58. The van der Waals surface area contributed by atoms with Crippen LogP contribution in [0.4, 0.5) is 5.69 Å². The molecule has 0 radical (unpaired) electrons. The van der Waals surface area contributed by atoms with Crippen molar-refractivity contribution in [3.63, 3.8) is 0 Å². The first-order valence-corrected chi connectivity index (χ1v) is 8.37. The van der Waals surface area contributed by atoms with Gasteiger partial charge in [0.15, 0.2) is 0 Å². The predicted molar refractivity (Wildman–Crippen MR) is 79.0 cm³/mol. The van der Waals surface area contributed by atoms with Gasteiger partial charge in [0, 0.05) is 13.1 Å². The van der Waals surface area contributed by atoms with Gasteiger partial charge in [0.25, 0.3) is 0 Å². The van der Waals surface area contributed by atoms with Crippen LogP contribution in [0.2, 0.25) is 5.02 Å². The van der Waals surface area contributed by atoms with Crippen molar-refractivity contribution in [1.29, 1.82) is 0 Å². The third-order valence-electron chi connectivity index (χ3n) is 3.79. The van der Waals surface area contributed by atoms with Crippen LogP contribution in [-0.2, 0) is 10.0 Å². The van der Waals surface area contributed by atoms with Gasteiger partial charge in [0.2, 0.25) is 10.0 Å². The third-order valence-corrected chi connectivity index (χ3v) is 6.01. The van der Waals surface area contributed by atoms with Crippen LogP contribution in [0.25, 0.3) is 0 Å². The molecule has 1 aliphatic heterocycles. The van der Waals surface area contributed by atoms with Gasteiger partial charge in [0.1, 0.15) is 0 Å². The van der Waals surface area contributed by atoms with Crippen molar-refractivity contribution in [3.05, 3.63) is 23.2 Å². The van der Waals surface area contributed by atoms with E-state index >= 15 is 0 Å². The fourth-order valence-electron chi connectivity index (χ4n) is 2.42. The summed E-state index contributed by atoms with van der Waals surface area (Å²) in [6.07, 6.45) is 0.935. The summed E-state index contributed by atoms with van der Waals surface area (Å²) < 4.78 is 26.4. The number of halogens is 1. The van der Waals surface area contributed by atoms with Crippen LogP contribution in [0.5, 0.6) is 0 Å². The highest BCUT2D eigenvalue weighted by molar-refractivity contribution is 7.89. The van der Waals surface area contributed by atoms with Crippen molar-refractivity contribution in [2.75, 3.05) is 18.8 Å². The van der Waals surface area contributed by atoms with Gasteiger partial charge in [-0.3, -0.25) is 0 Å². The molecule has 1 unspecified atom stereocenters. The number of piperidine rings is 1. The quantitative estimate of drug-likeness (QED) is 0.831. The lowest BCUT2D eigenvalue weighted by Crippen LogP contribution is -2.40. The second kappa shape index (κ2) is 5.89. The second-order valence-corrected chi connectivity index (χ2v) is 7.51. The summed E-state index contributed by atoms with van der Waals surface area (Å²) in [6, 6.07) is 4.35. The van der Waals surface area contributed by atoms with Crippen molar-refractivity contribution in [3.8, 4) is 0 Å². The smallest absolute Gasteiger partial charge is 0.243 e. The van der Waals surface area contributed by atoms with Gasteiger partial charge in [-0.15, -0.1) is 0 Å². The molecule has 0 bridgehead atoms. The standard InChI is InChI=1S/C13H19ClN2O3S/c1-9(17)10-4-6-16(7-5-10)20(18,19)11-2-3-13(15)12(14)8-11/h2-3,8-10,17H,4-7,15H2,1H3. The summed E-state index contributed by atoms with van der Waals surface area (Å²) in [7, 11) is -3.54. The molecule has 0 saturated carbocycles. The Balaban J connectivity index is 2.17. The van der Waals surface area contributed by atoms with Crippen molar-refractivity contribution < 1.29 is 13.5 Å². The summed E-state index contributed by atoms with van der Waals surface area (Å²) in [5, 5.41) is 9.79. The number of nitrogens with two attached hydrogens (primary N) is 1. The number of hydrogen-bond acceptors (Lipinski definition) is 4. The van der Waals surface area contributed by atoms with E-state index in [0.29, 0.717) is 31.6 Å². The van der Waals surface area contributed by atoms with Crippen molar-refractivity contribution in [2.45, 2.75) is 30.8 Å². The first-order chi connectivity index (χ1) is 9.32. The monoisotopic (exact) mass is 318 g/mol. The van der Waals surface area contributed by atoms with Crippen molar-refractivity contribution in [2.24, 2.45) is 5.92 Å². The Hall–Kier alpha value is -0.820. The summed E-state index contributed by atoms with van der Waals surface area (Å²) in [5.74, 6) is 0.163. The minimum absolute atomic E-state index is 0.159. The van der Waals surface area contributed by atoms with E-state index < -0.39 is 16.1 Å². The van der Waals surface area contributed by atoms with Gasteiger partial charge in [-0.1, -0.05) is 11.6 Å². The number of sulfonamides is 1. The normalized spacial score (nSPS) is 19.9. The zero-order chi connectivity index (χ0) is 14.9. The average Bonchev–Trinajstić information content (AvgIpc) is 2.41. The Bertz CT molecular complexity index is 581. The van der Waals surface area contributed by atoms with Crippen LogP contribution in [0, 0.1) is 5.92 Å². The summed E-state index contributed by atoms with van der Waals surface area (Å²) in [5.41, 5.74) is 5.95. The lowest BCUT2D eigenvalue weighted by Gasteiger charge is -2.32. The van der Waals surface area contributed by atoms with Crippen molar-refractivity contribution >= 4 is 27.3 Å². The number of aliphatic hydroxyl groups excluding tert-OH is 1. The minimum atomic E-state index is -3.54. The third kappa shape index (κ3) is 3.09. The number of nitrogens with zero attached hydrogens (tertiary/aromatic N) is 1. The van der Waals surface area contributed by atoms with Crippen LogP contribution in [0.1, 0.15) is 19.8 Å². The Morgan fingerprint density at radius 1 is 1.40 bits per heavy atom. The molecule has 0 aromatic heterocycles. The highest BCUT2D eigenvalue weighted by atomic mass is 35.5. The molecule has 20 heavy (non-hydrogen) atoms. The van der Waals surface area contributed by atoms with Gasteiger partial charge >= 0.3 is 0 Å². The Kier molecular flexibility index (Phi) is 4.59. The number of anilines is 1. The lowest BCUT2D eigenvalue weighted by molar-refractivity contribution is 0.0912. The van der Waals surface area contributed by atoms with Gasteiger partial charge in [-0.25, -0.2) is 8.42 Å². The van der Waals surface area contributed by atoms with Gasteiger partial charge in [-0.05, 0) is 43.9 Å². The molecule has 0 aliphatic carbocycles. The average molecular weight is 319 g/mol. The van der Waals surface area contributed by atoms with E-state index in [1.165, 1.54) is 22.5 Å². The van der Waals surface area contributed by atoms with Crippen LogP contribution in [0.3, 0.4) is 0 Å². The minimum Gasteiger partial charge on any atom is -0.398 e. The van der Waals surface area contributed by atoms with Crippen LogP contribution < -0.4 is 5.73 Å². The fourth-order valence-corrected chi connectivity index (χ4v) is 4.16. The highest BCUT2D eigenvalue weighted by Gasteiger charge is 2.31. The van der Waals surface area contributed by atoms with Gasteiger partial charge in [-0.2, -0.15) is 4.31 Å². The predicted octanol–water partition coefficient (Wildman–Crippen LogP) is 1.70. The molecule has 1 saturated heterocycles. The van der Waals surface area contributed by atoms with E-state index in [1.54, 1.807) is 6.92 Å². The molecule has 1 aliphatic rings. The van der Waals surface area contributed by atoms with Crippen LogP contribution in [-0.4, -0.2) is 37.0 Å². The highest BCUT2D eigenvalue weighted by Crippen LogP contribution is 2.28. The van der Waals surface area contributed by atoms with Crippen molar-refractivity contribution in [1.82, 2.24) is 4.31 Å². The summed E-state index contributed by atoms with van der Waals surface area (Å²) in [4.78, 5) is 0.159. The fraction of sp³-hybridized carbons (Fsp3) is 0.538. The Labute approximate surface area is 124 Å². The van der Waals surface area contributed by atoms with Crippen LogP contribution >= 0.6 is 11.6 Å². The molecule has 1 atom stereocenters. The van der Waals surface area contributed by atoms with E-state index in [2.05, 4.69) is 0 Å². The zero-order valence-corrected chi connectivity index (χ0v) is 12.9. The van der Waals surface area contributed by atoms with E-state index in [0.717, 1.165) is 0 Å². The molecule has 0 spiro atoms. The van der Waals surface area contributed by atoms with E-state index in [9.17, 15) is 13.5 Å². The molecule has 1 aromatic carbocycles. The number of rotatable bonds is 3. The molecular weight excluding hydrogens is 300 g/mol. The Morgan fingerprint density at radius 2 is 2.00 bits per heavy atom. The second-order valence-electron chi connectivity index (χ2n) is 5.17. The molecule has 3 N–H and O–H groups in total.